The maximum absolute atomic E-state index is 15.1. The topological polar surface area (TPSA) is 222 Å². The van der Waals surface area contributed by atoms with Crippen LogP contribution in [0.5, 0.6) is 0 Å². The van der Waals surface area contributed by atoms with Gasteiger partial charge >= 0.3 is 18.0 Å². The molecular weight excluding hydrogens is 903 g/mol. The Morgan fingerprint density at radius 2 is 1.80 bits per heavy atom. The average molecular weight is 978 g/mol. The minimum Gasteiger partial charge on any atom is -0.461 e. The van der Waals surface area contributed by atoms with Gasteiger partial charge in [-0.1, -0.05) is 39.8 Å². The normalized spacial score (nSPS) is 33.3. The molecule has 0 aromatic carbocycles. The van der Waals surface area contributed by atoms with Crippen molar-refractivity contribution in [1.29, 1.82) is 0 Å². The Balaban J connectivity index is 1.36. The number of hydrogen-bond donors (Lipinski definition) is 2. The van der Waals surface area contributed by atoms with Crippen LogP contribution in [0, 0.1) is 23.7 Å². The van der Waals surface area contributed by atoms with Crippen LogP contribution in [0.2, 0.25) is 0 Å². The highest BCUT2D eigenvalue weighted by Gasteiger charge is 2.61. The van der Waals surface area contributed by atoms with Crippen LogP contribution in [0.3, 0.4) is 0 Å². The number of hydrogen-bond acceptors (Lipinski definition) is 18. The molecule has 3 aliphatic rings. The molecule has 2 N–H and O–H groups in total. The number of nitrogens with zero attached hydrogens (tertiary/aromatic N) is 8. The summed E-state index contributed by atoms with van der Waals surface area (Å²) in [5.74, 6) is -4.48. The SMILES string of the molecule is C=CCN(C)[C@@H]1C[C@H](C)O[C@H](O[C@@H]2[C@@H](C)[C@H](OC(=O)Cc3ccccn3)[C@@H](C)C(=O)O[C@H](CC)[C@@]3(C)OC(=O)N(NCCCn4cnc5c(N(C)C)ncnc54)[C@@H]3[C@@H](C)C(=O)[C@H](C)C[C@@]2(C)OC)[C@H]1O. The minimum atomic E-state index is -1.53. The summed E-state index contributed by atoms with van der Waals surface area (Å²) < 4.78 is 40.6. The maximum Gasteiger partial charge on any atom is 0.425 e. The number of methoxy groups -OCH3 is 1. The van der Waals surface area contributed by atoms with E-state index in [4.69, 9.17) is 28.4 Å². The molecule has 3 fully saturated rings. The second kappa shape index (κ2) is 23.0. The lowest BCUT2D eigenvalue weighted by atomic mass is 9.73. The van der Waals surface area contributed by atoms with Crippen molar-refractivity contribution in [1.82, 2.24) is 39.8 Å². The van der Waals surface area contributed by atoms with Crippen LogP contribution in [0.1, 0.15) is 86.8 Å². The smallest absolute Gasteiger partial charge is 0.425 e. The van der Waals surface area contributed by atoms with Crippen molar-refractivity contribution < 1.29 is 52.7 Å². The molecule has 14 atom stereocenters. The minimum absolute atomic E-state index is 0.0775. The number of pyridine rings is 1. The Morgan fingerprint density at radius 3 is 2.46 bits per heavy atom. The number of likely N-dealkylation sites (N-methyl/N-ethyl adjacent to an activating group) is 1. The van der Waals surface area contributed by atoms with Gasteiger partial charge in [-0.05, 0) is 72.6 Å². The van der Waals surface area contributed by atoms with Crippen LogP contribution in [0.15, 0.2) is 49.7 Å². The molecule has 0 spiro atoms. The summed E-state index contributed by atoms with van der Waals surface area (Å²) in [6.07, 6.45) is 0.927. The van der Waals surface area contributed by atoms with Crippen LogP contribution in [0.4, 0.5) is 10.6 Å². The van der Waals surface area contributed by atoms with Gasteiger partial charge in [0.2, 0.25) is 0 Å². The van der Waals surface area contributed by atoms with Crippen LogP contribution in [-0.4, -0.2) is 165 Å². The van der Waals surface area contributed by atoms with E-state index in [1.165, 1.54) is 18.4 Å². The summed E-state index contributed by atoms with van der Waals surface area (Å²) >= 11 is 0. The highest BCUT2D eigenvalue weighted by atomic mass is 16.7. The predicted molar refractivity (Wildman–Crippen MR) is 259 cm³/mol. The number of aliphatic hydroxyl groups is 1. The molecule has 6 rings (SSSR count). The van der Waals surface area contributed by atoms with E-state index >= 15 is 4.79 Å². The van der Waals surface area contributed by atoms with Gasteiger partial charge in [0.05, 0.1) is 42.2 Å². The molecule has 70 heavy (non-hydrogen) atoms. The Kier molecular flexibility index (Phi) is 17.8. The standard InChI is InChI=1S/C50H75N9O11/c1-14-22-57(12)35-24-30(4)66-47(40(35)62)69-43-32(6)41(68-37(60)25-34-19-16-17-20-51-34)33(7)46(63)67-36(15-2)50(9)42(31(5)39(61)29(3)26-49(43,8)65-13)59(48(64)70-50)55-21-18-23-58-28-54-38-44(56(10)11)52-27-53-45(38)58/h14,16-17,19-20,27-33,35-36,40-43,47,55,62H,1,15,18,21-26H2,2-13H3/t29-,30+,31+,32+,33-,35-,36-,40+,41+,42-,43-,47-,49-,50-/m1/s1. The summed E-state index contributed by atoms with van der Waals surface area (Å²) in [4.78, 5) is 79.5. The zero-order valence-corrected chi connectivity index (χ0v) is 42.9. The predicted octanol–water partition coefficient (Wildman–Crippen LogP) is 4.53. The number of imidazole rings is 1. The zero-order chi connectivity index (χ0) is 51.2. The van der Waals surface area contributed by atoms with Gasteiger partial charge < -0.3 is 43.0 Å². The van der Waals surface area contributed by atoms with Gasteiger partial charge in [0, 0.05) is 70.8 Å². The number of rotatable bonds is 16. The second-order valence-corrected chi connectivity index (χ2v) is 20.0. The van der Waals surface area contributed by atoms with Crippen molar-refractivity contribution in [2.75, 3.05) is 46.2 Å². The van der Waals surface area contributed by atoms with Gasteiger partial charge in [-0.3, -0.25) is 24.3 Å². The molecule has 0 unspecified atom stereocenters. The van der Waals surface area contributed by atoms with E-state index in [0.29, 0.717) is 55.2 Å². The first-order chi connectivity index (χ1) is 33.2. The van der Waals surface area contributed by atoms with Gasteiger partial charge in [0.25, 0.3) is 0 Å². The fourth-order valence-corrected chi connectivity index (χ4v) is 10.8. The lowest BCUT2D eigenvalue weighted by Crippen LogP contribution is -2.62. The fraction of sp³-hybridized carbons (Fsp3) is 0.680. The molecule has 20 nitrogen and oxygen atoms in total. The van der Waals surface area contributed by atoms with Crippen molar-refractivity contribution in [2.45, 2.75) is 154 Å². The Hall–Kier alpha value is -5.12. The van der Waals surface area contributed by atoms with Crippen LogP contribution in [-0.2, 0) is 55.8 Å². The number of hydrazine groups is 1. The van der Waals surface area contributed by atoms with Gasteiger partial charge in [-0.2, -0.15) is 0 Å². The Labute approximate surface area is 411 Å². The Bertz CT molecular complexity index is 2290. The monoisotopic (exact) mass is 978 g/mol. The number of cyclic esters (lactones) is 1. The van der Waals surface area contributed by atoms with E-state index in [-0.39, 0.29) is 37.2 Å². The zero-order valence-electron chi connectivity index (χ0n) is 42.9. The van der Waals surface area contributed by atoms with Crippen molar-refractivity contribution in [3.8, 4) is 0 Å². The largest absolute Gasteiger partial charge is 0.461 e. The van der Waals surface area contributed by atoms with Gasteiger partial charge in [0.15, 0.2) is 28.9 Å². The molecule has 0 aliphatic carbocycles. The molecule has 6 heterocycles. The van der Waals surface area contributed by atoms with Crippen LogP contribution >= 0.6 is 0 Å². The highest BCUT2D eigenvalue weighted by molar-refractivity contribution is 5.85. The lowest BCUT2D eigenvalue weighted by Gasteiger charge is -2.48. The number of ketones is 1. The first kappa shape index (κ1) is 54.2. The molecular formula is C50H75N9O11. The third-order valence-electron chi connectivity index (χ3n) is 14.5. The first-order valence-electron chi connectivity index (χ1n) is 24.5. The maximum atomic E-state index is 15.1. The molecule has 0 radical (unpaired) electrons. The van der Waals surface area contributed by atoms with E-state index in [2.05, 4.69) is 31.9 Å². The summed E-state index contributed by atoms with van der Waals surface area (Å²) in [5, 5.41) is 13.3. The van der Waals surface area contributed by atoms with Crippen LogP contribution < -0.4 is 10.3 Å². The second-order valence-electron chi connectivity index (χ2n) is 20.0. The number of aliphatic hydroxyl groups excluding tert-OH is 1. The van der Waals surface area contributed by atoms with E-state index in [9.17, 15) is 19.5 Å². The van der Waals surface area contributed by atoms with Crippen molar-refractivity contribution in [2.24, 2.45) is 23.7 Å². The van der Waals surface area contributed by atoms with Gasteiger partial charge in [-0.25, -0.2) is 30.2 Å². The Morgan fingerprint density at radius 1 is 1.06 bits per heavy atom. The molecule has 20 heteroatoms. The quantitative estimate of drug-likeness (QED) is 0.0871. The average Bonchev–Trinajstić information content (AvgIpc) is 3.86. The highest BCUT2D eigenvalue weighted by Crippen LogP contribution is 2.43. The number of nitrogens with one attached hydrogen (secondary N) is 1. The van der Waals surface area contributed by atoms with E-state index < -0.39 is 89.7 Å². The molecule has 1 amide bonds. The molecule has 3 saturated heterocycles. The molecule has 386 valence electrons. The number of esters is 2. The number of amides is 1. The van der Waals surface area contributed by atoms with E-state index in [1.807, 2.05) is 49.4 Å². The molecule has 0 saturated carbocycles. The van der Waals surface area contributed by atoms with Gasteiger partial charge in [0.1, 0.15) is 36.5 Å². The summed E-state index contributed by atoms with van der Waals surface area (Å²) in [6, 6.07) is 3.87. The number of ether oxygens (including phenoxy) is 6. The first-order valence-corrected chi connectivity index (χ1v) is 24.5. The fourth-order valence-electron chi connectivity index (χ4n) is 10.8. The molecule has 3 aromatic rings. The van der Waals surface area contributed by atoms with Gasteiger partial charge in [-0.15, -0.1) is 6.58 Å². The third-order valence-corrected chi connectivity index (χ3v) is 14.5. The third kappa shape index (κ3) is 11.5. The number of aromatic nitrogens is 5. The number of Topliss-reactive ketones (excluding diaryl/α,β-unsaturated/α-hetero) is 1. The number of anilines is 1. The summed E-state index contributed by atoms with van der Waals surface area (Å²) in [6.45, 7) is 19.3. The molecule has 3 aliphatic heterocycles. The molecule has 0 bridgehead atoms. The summed E-state index contributed by atoms with van der Waals surface area (Å²) in [5.41, 5.74) is 2.18. The van der Waals surface area contributed by atoms with Crippen LogP contribution in [0.25, 0.3) is 11.2 Å². The number of carbonyl (C=O) groups is 4. The van der Waals surface area contributed by atoms with Crippen molar-refractivity contribution in [3.05, 3.63) is 55.4 Å². The van der Waals surface area contributed by atoms with E-state index in [0.717, 1.165) is 0 Å². The van der Waals surface area contributed by atoms with Crippen molar-refractivity contribution in [3.63, 3.8) is 0 Å². The van der Waals surface area contributed by atoms with E-state index in [1.54, 1.807) is 78.3 Å². The van der Waals surface area contributed by atoms with Crippen molar-refractivity contribution >= 4 is 40.8 Å². The number of carbonyl (C=O) groups excluding carboxylic acids is 4. The number of aryl methyl sites for hydroxylation is 1. The lowest BCUT2D eigenvalue weighted by molar-refractivity contribution is -0.302. The number of fused-ring (bicyclic) bond motifs is 2. The summed E-state index contributed by atoms with van der Waals surface area (Å²) in [7, 11) is 7.17. The molecule has 3 aromatic heterocycles.